The van der Waals surface area contributed by atoms with E-state index in [0.29, 0.717) is 123 Å². The summed E-state index contributed by atoms with van der Waals surface area (Å²) in [5, 5.41) is 15.1. The van der Waals surface area contributed by atoms with Gasteiger partial charge in [-0.1, -0.05) is 63.5 Å². The average molecular weight is 1560 g/mol. The number of nitrogens with zero attached hydrogens (tertiary/aromatic N) is 16. The fraction of sp³-hybridized carbons (Fsp3) is 0.361. The molecule has 4 aliphatic rings. The molecule has 0 unspecified atom stereocenters. The number of rotatable bonds is 22. The number of pyridine rings is 6. The molecule has 29 heteroatoms. The lowest BCUT2D eigenvalue weighted by Gasteiger charge is -2.35. The van der Waals surface area contributed by atoms with Gasteiger partial charge in [-0.25, -0.2) is 39.3 Å². The largest absolute Gasteiger partial charge is 0.496 e. The van der Waals surface area contributed by atoms with Crippen LogP contribution in [0.2, 0.25) is 51.4 Å². The molecule has 8 aromatic heterocycles. The molecule has 24 nitrogen and oxygen atoms in total. The van der Waals surface area contributed by atoms with Gasteiger partial charge in [-0.2, -0.15) is 23.4 Å². The van der Waals surface area contributed by atoms with Crippen molar-refractivity contribution in [2.75, 3.05) is 128 Å². The highest BCUT2D eigenvalue weighted by atomic mass is 28.3. The fourth-order valence-electron chi connectivity index (χ4n) is 14.1. The zero-order valence-corrected chi connectivity index (χ0v) is 67.4. The van der Waals surface area contributed by atoms with Crippen LogP contribution in [0.25, 0.3) is 77.7 Å². The molecule has 0 radical (unpaired) electrons. The van der Waals surface area contributed by atoms with Crippen molar-refractivity contribution in [3.05, 3.63) is 181 Å². The van der Waals surface area contributed by atoms with Crippen molar-refractivity contribution in [1.29, 1.82) is 0 Å². The molecule has 3 fully saturated rings. The number of fused-ring (bicyclic) bond motifs is 3. The van der Waals surface area contributed by atoms with Crippen LogP contribution in [0.1, 0.15) is 30.5 Å². The van der Waals surface area contributed by atoms with Gasteiger partial charge in [-0.05, 0) is 119 Å². The topological polar surface area (TPSA) is 234 Å². The number of ether oxygens (including phenoxy) is 5. The van der Waals surface area contributed by atoms with Crippen LogP contribution < -0.4 is 34.2 Å². The number of amides is 2. The quantitative estimate of drug-likeness (QED) is 0.0377. The molecule has 2 amide bonds. The SMILES string of the molecule is COc1ccnc(F)c1-c1ccc2c(c1)C(c1ccnc(N3CCN(C(C)=O)CC3)c1)=NC2.COc1ccnc(F)c1-c1ccc2c(c1)c(-c1ccnc(N3CCN(C(C)=O)CC3)c1)nn2COCC[Si](C)(C)C.COc1ccnc(F)c1-c1ccc2c(c1)c(-c1ccnc(N3CCNCC3)c1)nn2COCC[Si](C)(C)C. The van der Waals surface area contributed by atoms with E-state index in [-0.39, 0.29) is 11.8 Å². The van der Waals surface area contributed by atoms with Gasteiger partial charge in [-0.3, -0.25) is 14.6 Å². The van der Waals surface area contributed by atoms with Gasteiger partial charge in [-0.15, -0.1) is 0 Å². The third-order valence-corrected chi connectivity index (χ3v) is 23.8. The van der Waals surface area contributed by atoms with Gasteiger partial charge in [0.2, 0.25) is 29.7 Å². The number of nitrogens with one attached hydrogen (secondary N) is 1. The lowest BCUT2D eigenvalue weighted by molar-refractivity contribution is -0.129. The predicted molar refractivity (Wildman–Crippen MR) is 437 cm³/mol. The van der Waals surface area contributed by atoms with Crippen LogP contribution >= 0.6 is 0 Å². The Labute approximate surface area is 652 Å². The summed E-state index contributed by atoms with van der Waals surface area (Å²) in [6.07, 6.45) is 9.60. The third kappa shape index (κ3) is 18.5. The van der Waals surface area contributed by atoms with E-state index >= 15 is 0 Å². The molecule has 12 heterocycles. The van der Waals surface area contributed by atoms with Gasteiger partial charge >= 0.3 is 0 Å². The van der Waals surface area contributed by atoms with Crippen LogP contribution in [0.4, 0.5) is 30.6 Å². The molecule has 0 bridgehead atoms. The second-order valence-electron chi connectivity index (χ2n) is 30.4. The Hall–Kier alpha value is -11.0. The zero-order valence-electron chi connectivity index (χ0n) is 65.4. The fourth-order valence-corrected chi connectivity index (χ4v) is 15.6. The van der Waals surface area contributed by atoms with Gasteiger partial charge in [0, 0.05) is 192 Å². The minimum absolute atomic E-state index is 0.0907. The van der Waals surface area contributed by atoms with E-state index in [4.69, 9.17) is 38.9 Å². The van der Waals surface area contributed by atoms with Crippen molar-refractivity contribution in [3.8, 4) is 73.1 Å². The molecule has 3 aromatic carbocycles. The van der Waals surface area contributed by atoms with E-state index < -0.39 is 34.0 Å². The summed E-state index contributed by atoms with van der Waals surface area (Å²) in [6, 6.07) is 36.5. The molecule has 0 atom stereocenters. The molecular formula is C83H96F3N17O7Si2. The number of methoxy groups -OCH3 is 3. The Morgan fingerprint density at radius 2 is 0.812 bits per heavy atom. The molecule has 0 saturated carbocycles. The van der Waals surface area contributed by atoms with Crippen LogP contribution in [0, 0.1) is 17.8 Å². The van der Waals surface area contributed by atoms with E-state index in [1.165, 1.54) is 39.9 Å². The minimum Gasteiger partial charge on any atom is -0.496 e. The van der Waals surface area contributed by atoms with Crippen molar-refractivity contribution in [3.63, 3.8) is 0 Å². The molecule has 15 rings (SSSR count). The number of hydrogen-bond acceptors (Lipinski definition) is 20. The first-order valence-corrected chi connectivity index (χ1v) is 45.2. The molecule has 11 aromatic rings. The number of aromatic nitrogens is 10. The third-order valence-electron chi connectivity index (χ3n) is 20.4. The van der Waals surface area contributed by atoms with Crippen molar-refractivity contribution in [2.45, 2.75) is 85.2 Å². The number of aliphatic imine (C=N–C) groups is 1. The summed E-state index contributed by atoms with van der Waals surface area (Å²) in [4.78, 5) is 63.8. The Morgan fingerprint density at radius 3 is 1.21 bits per heavy atom. The number of carbonyl (C=O) groups excluding carboxylic acids is 2. The van der Waals surface area contributed by atoms with E-state index in [9.17, 15) is 22.8 Å². The van der Waals surface area contributed by atoms with Crippen LogP contribution in [-0.4, -0.2) is 206 Å². The van der Waals surface area contributed by atoms with Crippen LogP contribution in [0.15, 0.2) is 151 Å². The smallest absolute Gasteiger partial charge is 0.224 e. The van der Waals surface area contributed by atoms with Gasteiger partial charge in [0.1, 0.15) is 59.6 Å². The van der Waals surface area contributed by atoms with Crippen molar-refractivity contribution >= 4 is 72.9 Å². The highest BCUT2D eigenvalue weighted by molar-refractivity contribution is 6.76. The minimum atomic E-state index is -1.23. The summed E-state index contributed by atoms with van der Waals surface area (Å²) in [7, 11) is 2.14. The highest BCUT2D eigenvalue weighted by Crippen LogP contribution is 2.41. The number of benzene rings is 3. The molecule has 3 saturated heterocycles. The maximum absolute atomic E-state index is 14.9. The van der Waals surface area contributed by atoms with Gasteiger partial charge in [0.25, 0.3) is 0 Å². The first-order chi connectivity index (χ1) is 54.0. The van der Waals surface area contributed by atoms with E-state index in [2.05, 4.69) is 95.3 Å². The molecule has 1 N–H and O–H groups in total. The molecule has 112 heavy (non-hydrogen) atoms. The predicted octanol–water partition coefficient (Wildman–Crippen LogP) is 13.6. The second-order valence-corrected chi connectivity index (χ2v) is 41.6. The van der Waals surface area contributed by atoms with Gasteiger partial charge in [0.15, 0.2) is 0 Å². The zero-order chi connectivity index (χ0) is 78.8. The number of carbonyl (C=O) groups is 2. The molecule has 0 spiro atoms. The first kappa shape index (κ1) is 79.1. The molecule has 0 aliphatic carbocycles. The van der Waals surface area contributed by atoms with Crippen molar-refractivity contribution in [1.82, 2.24) is 64.6 Å². The lowest BCUT2D eigenvalue weighted by atomic mass is 9.95. The number of anilines is 3. The van der Waals surface area contributed by atoms with E-state index in [0.717, 1.165) is 136 Å². The summed E-state index contributed by atoms with van der Waals surface area (Å²) < 4.78 is 76.5. The Morgan fingerprint density at radius 1 is 0.438 bits per heavy atom. The normalized spacial score (nSPS) is 14.5. The number of piperazine rings is 3. The summed E-state index contributed by atoms with van der Waals surface area (Å²) in [6.45, 7) is 29.1. The first-order valence-electron chi connectivity index (χ1n) is 37.8. The highest BCUT2D eigenvalue weighted by Gasteiger charge is 2.28. The summed E-state index contributed by atoms with van der Waals surface area (Å²) >= 11 is 0. The monoisotopic (exact) mass is 1560 g/mol. The van der Waals surface area contributed by atoms with E-state index in [1.807, 2.05) is 110 Å². The molecule has 4 aliphatic heterocycles. The van der Waals surface area contributed by atoms with Crippen LogP contribution in [0.5, 0.6) is 17.2 Å². The molecule has 584 valence electrons. The Balaban J connectivity index is 0.000000148. The number of hydrogen-bond donors (Lipinski definition) is 1. The number of halogens is 3. The summed E-state index contributed by atoms with van der Waals surface area (Å²) in [5.41, 5.74) is 12.1. The lowest BCUT2D eigenvalue weighted by Crippen LogP contribution is -2.48. The van der Waals surface area contributed by atoms with Crippen LogP contribution in [0.3, 0.4) is 0 Å². The van der Waals surface area contributed by atoms with Crippen molar-refractivity contribution in [2.24, 2.45) is 4.99 Å². The van der Waals surface area contributed by atoms with Gasteiger partial charge in [0.05, 0.1) is 61.3 Å². The standard InChI is InChI=1S/C30H37FN6O3Si.C28H35FN6O2Si.C25H24FN5O2/c1-21(38)35-12-14-36(15-13-35)27-19-23(8-10-32-27)29-24-18-22(28-26(39-2)9-11-33-30(28)31)6-7-25(24)37(34-29)20-40-16-17-41(3,4)5;1-36-24-8-10-32-28(29)26(24)20-5-6-23-22(17-20)27(33-35(23)19-37-15-16-38(2,3)4)21-7-9-31-25(18-21)34-13-11-30-12-14-34;1-16(32)30-9-11-31(12-10-30)22-14-18(5-7-27-22)24-20-13-17(3-4-19(20)15-29-24)23-21(33-2)6-8-28-25(23)26/h6-11,18-19H,12-17,20H2,1-5H3;5-10,17-18,30H,11-16,19H2,1-4H3;3-8,13-14H,9-12,15H2,1-2H3. The maximum Gasteiger partial charge on any atom is 0.224 e. The summed E-state index contributed by atoms with van der Waals surface area (Å²) in [5.74, 6) is 2.37. The van der Waals surface area contributed by atoms with E-state index in [1.54, 1.807) is 44.4 Å². The second kappa shape index (κ2) is 35.2. The van der Waals surface area contributed by atoms with Crippen molar-refractivity contribution < 1.29 is 46.4 Å². The Bertz CT molecular complexity index is 5230. The average Bonchev–Trinajstić information content (AvgIpc) is 1.68. The Kier molecular flexibility index (Phi) is 24.8. The molecular weight excluding hydrogens is 1460 g/mol. The van der Waals surface area contributed by atoms with Crippen LogP contribution in [-0.2, 0) is 39.1 Å². The van der Waals surface area contributed by atoms with Gasteiger partial charge < -0.3 is 53.5 Å². The maximum atomic E-state index is 14.9.